The Morgan fingerprint density at radius 3 is 2.78 bits per heavy atom. The Morgan fingerprint density at radius 1 is 1.67 bits per heavy atom. The quantitative estimate of drug-likeness (QED) is 0.560. The van der Waals surface area contributed by atoms with Gasteiger partial charge in [-0.3, -0.25) is 0 Å². The summed E-state index contributed by atoms with van der Waals surface area (Å²) in [5.41, 5.74) is 0. The summed E-state index contributed by atoms with van der Waals surface area (Å²) in [6.07, 6.45) is 2.60. The van der Waals surface area contributed by atoms with Crippen molar-refractivity contribution in [1.29, 1.82) is 0 Å². The van der Waals surface area contributed by atoms with Crippen molar-refractivity contribution < 1.29 is 4.79 Å². The van der Waals surface area contributed by atoms with Crippen molar-refractivity contribution in [1.82, 2.24) is 5.32 Å². The van der Waals surface area contributed by atoms with Gasteiger partial charge in [-0.1, -0.05) is 6.92 Å². The summed E-state index contributed by atoms with van der Waals surface area (Å²) in [6.45, 7) is 5.14. The molecule has 1 unspecified atom stereocenters. The molecule has 0 aliphatic heterocycles. The third-order valence-corrected chi connectivity index (χ3v) is 1.27. The second kappa shape index (κ2) is 5.76. The highest BCUT2D eigenvalue weighted by Gasteiger charge is 1.96. The summed E-state index contributed by atoms with van der Waals surface area (Å²) in [5.74, 6) is 0. The van der Waals surface area contributed by atoms with E-state index in [9.17, 15) is 4.79 Å². The number of carbonyl (C=O) groups excluding carboxylic acids is 1. The van der Waals surface area contributed by atoms with Gasteiger partial charge in [0.05, 0.1) is 0 Å². The van der Waals surface area contributed by atoms with Gasteiger partial charge >= 0.3 is 0 Å². The monoisotopic (exact) mass is 129 g/mol. The van der Waals surface area contributed by atoms with Gasteiger partial charge in [-0.05, 0) is 19.9 Å². The third-order valence-electron chi connectivity index (χ3n) is 1.27. The Morgan fingerprint density at radius 2 is 2.33 bits per heavy atom. The van der Waals surface area contributed by atoms with E-state index in [0.717, 1.165) is 19.3 Å². The van der Waals surface area contributed by atoms with Crippen molar-refractivity contribution in [2.45, 2.75) is 32.7 Å². The van der Waals surface area contributed by atoms with E-state index in [1.165, 1.54) is 0 Å². The van der Waals surface area contributed by atoms with Gasteiger partial charge in [0.15, 0.2) is 0 Å². The van der Waals surface area contributed by atoms with Crippen LogP contribution in [0.1, 0.15) is 26.7 Å². The standard InChI is InChI=1S/C7H15NO/c1-3-8-7(2)5-4-6-9/h6-8H,3-5H2,1-2H3. The molecular formula is C7H15NO. The van der Waals surface area contributed by atoms with Gasteiger partial charge < -0.3 is 10.1 Å². The smallest absolute Gasteiger partial charge is 0.120 e. The number of aldehydes is 1. The molecule has 0 spiro atoms. The highest BCUT2D eigenvalue weighted by molar-refractivity contribution is 5.49. The molecule has 0 aromatic carbocycles. The molecule has 0 heterocycles. The predicted octanol–water partition coefficient (Wildman–Crippen LogP) is 0.964. The normalized spacial score (nSPS) is 13.1. The molecule has 2 heteroatoms. The van der Waals surface area contributed by atoms with Crippen molar-refractivity contribution in [3.63, 3.8) is 0 Å². The van der Waals surface area contributed by atoms with Crippen LogP contribution in [0.3, 0.4) is 0 Å². The fraction of sp³-hybridized carbons (Fsp3) is 0.857. The van der Waals surface area contributed by atoms with E-state index in [2.05, 4.69) is 19.2 Å². The summed E-state index contributed by atoms with van der Waals surface area (Å²) in [4.78, 5) is 9.89. The van der Waals surface area contributed by atoms with E-state index >= 15 is 0 Å². The Hall–Kier alpha value is -0.370. The maximum atomic E-state index is 9.89. The molecule has 0 aliphatic rings. The van der Waals surface area contributed by atoms with Crippen molar-refractivity contribution in [2.75, 3.05) is 6.54 Å². The minimum Gasteiger partial charge on any atom is -0.315 e. The molecule has 0 saturated carbocycles. The first kappa shape index (κ1) is 8.63. The summed E-state index contributed by atoms with van der Waals surface area (Å²) in [7, 11) is 0. The fourth-order valence-corrected chi connectivity index (χ4v) is 0.769. The van der Waals surface area contributed by atoms with E-state index in [4.69, 9.17) is 0 Å². The van der Waals surface area contributed by atoms with Crippen LogP contribution in [0.5, 0.6) is 0 Å². The first-order chi connectivity index (χ1) is 4.31. The molecule has 0 aliphatic carbocycles. The van der Waals surface area contributed by atoms with Crippen LogP contribution in [0.2, 0.25) is 0 Å². The molecule has 0 fully saturated rings. The minimum absolute atomic E-state index is 0.486. The van der Waals surface area contributed by atoms with Gasteiger partial charge in [0.2, 0.25) is 0 Å². The van der Waals surface area contributed by atoms with Gasteiger partial charge in [-0.15, -0.1) is 0 Å². The van der Waals surface area contributed by atoms with Crippen molar-refractivity contribution >= 4 is 6.29 Å². The topological polar surface area (TPSA) is 29.1 Å². The number of hydrogen-bond donors (Lipinski definition) is 1. The molecule has 54 valence electrons. The van der Waals surface area contributed by atoms with Gasteiger partial charge in [0, 0.05) is 12.5 Å². The molecule has 0 aromatic heterocycles. The molecule has 0 amide bonds. The van der Waals surface area contributed by atoms with Crippen LogP contribution in [0.4, 0.5) is 0 Å². The van der Waals surface area contributed by atoms with Gasteiger partial charge in [-0.25, -0.2) is 0 Å². The predicted molar refractivity (Wildman–Crippen MR) is 38.4 cm³/mol. The fourth-order valence-electron chi connectivity index (χ4n) is 0.769. The highest BCUT2D eigenvalue weighted by Crippen LogP contribution is 1.91. The summed E-state index contributed by atoms with van der Waals surface area (Å²) < 4.78 is 0. The lowest BCUT2D eigenvalue weighted by Crippen LogP contribution is -2.25. The Kier molecular flexibility index (Phi) is 5.52. The molecule has 1 atom stereocenters. The van der Waals surface area contributed by atoms with E-state index in [1.54, 1.807) is 0 Å². The second-order valence-corrected chi connectivity index (χ2v) is 2.20. The van der Waals surface area contributed by atoms with Crippen LogP contribution in [0.15, 0.2) is 0 Å². The van der Waals surface area contributed by atoms with Crippen LogP contribution in [0.25, 0.3) is 0 Å². The number of rotatable bonds is 5. The molecule has 0 saturated heterocycles. The molecule has 2 nitrogen and oxygen atoms in total. The summed E-state index contributed by atoms with van der Waals surface area (Å²) >= 11 is 0. The molecule has 0 bridgehead atoms. The maximum Gasteiger partial charge on any atom is 0.120 e. The zero-order chi connectivity index (χ0) is 7.11. The molecule has 0 aromatic rings. The summed E-state index contributed by atoms with van der Waals surface area (Å²) in [6, 6.07) is 0.486. The second-order valence-electron chi connectivity index (χ2n) is 2.20. The molecule has 1 N–H and O–H groups in total. The number of carbonyl (C=O) groups is 1. The van der Waals surface area contributed by atoms with Crippen molar-refractivity contribution in [3.05, 3.63) is 0 Å². The highest BCUT2D eigenvalue weighted by atomic mass is 16.1. The number of nitrogens with one attached hydrogen (secondary N) is 1. The van der Waals surface area contributed by atoms with Gasteiger partial charge in [0.25, 0.3) is 0 Å². The van der Waals surface area contributed by atoms with Crippen molar-refractivity contribution in [3.8, 4) is 0 Å². The average molecular weight is 129 g/mol. The van der Waals surface area contributed by atoms with E-state index < -0.39 is 0 Å². The Balaban J connectivity index is 3.04. The van der Waals surface area contributed by atoms with Crippen LogP contribution in [-0.2, 0) is 4.79 Å². The van der Waals surface area contributed by atoms with Crippen LogP contribution in [0, 0.1) is 0 Å². The summed E-state index contributed by atoms with van der Waals surface area (Å²) in [5, 5.41) is 3.22. The lowest BCUT2D eigenvalue weighted by molar-refractivity contribution is -0.108. The SMILES string of the molecule is CCNC(C)CCC=O. The van der Waals surface area contributed by atoms with E-state index in [-0.39, 0.29) is 0 Å². The lowest BCUT2D eigenvalue weighted by atomic mass is 10.2. The lowest BCUT2D eigenvalue weighted by Gasteiger charge is -2.08. The first-order valence-electron chi connectivity index (χ1n) is 3.48. The molecule has 9 heavy (non-hydrogen) atoms. The third kappa shape index (κ3) is 5.50. The van der Waals surface area contributed by atoms with Gasteiger partial charge in [-0.2, -0.15) is 0 Å². The number of hydrogen-bond acceptors (Lipinski definition) is 2. The minimum atomic E-state index is 0.486. The largest absolute Gasteiger partial charge is 0.315 e. The molecular weight excluding hydrogens is 114 g/mol. The maximum absolute atomic E-state index is 9.89. The van der Waals surface area contributed by atoms with Crippen LogP contribution >= 0.6 is 0 Å². The van der Waals surface area contributed by atoms with E-state index in [0.29, 0.717) is 12.5 Å². The Bertz CT molecular complexity index is 73.3. The zero-order valence-corrected chi connectivity index (χ0v) is 6.18. The van der Waals surface area contributed by atoms with Gasteiger partial charge in [0.1, 0.15) is 6.29 Å². The van der Waals surface area contributed by atoms with Crippen LogP contribution < -0.4 is 5.32 Å². The molecule has 0 radical (unpaired) electrons. The first-order valence-corrected chi connectivity index (χ1v) is 3.48. The van der Waals surface area contributed by atoms with Crippen LogP contribution in [-0.4, -0.2) is 18.9 Å². The van der Waals surface area contributed by atoms with Crippen molar-refractivity contribution in [2.24, 2.45) is 0 Å². The molecule has 0 rings (SSSR count). The Labute approximate surface area is 56.6 Å². The average Bonchev–Trinajstić information content (AvgIpc) is 1.85. The van der Waals surface area contributed by atoms with E-state index in [1.807, 2.05) is 0 Å². The zero-order valence-electron chi connectivity index (χ0n) is 6.18.